The Morgan fingerprint density at radius 1 is 0.968 bits per heavy atom. The Morgan fingerprint density at radius 2 is 1.65 bits per heavy atom. The summed E-state index contributed by atoms with van der Waals surface area (Å²) in [5.74, 6) is -0.954. The second-order valence-electron chi connectivity index (χ2n) is 6.52. The SMILES string of the molecule is CCc1ccc(OCC(=O)NN=Cc2ccc(OC(=O)c3ccccc3F)cc2)cc1. The van der Waals surface area contributed by atoms with Crippen molar-refractivity contribution in [3.8, 4) is 11.5 Å². The van der Waals surface area contributed by atoms with Crippen molar-refractivity contribution in [1.29, 1.82) is 0 Å². The van der Waals surface area contributed by atoms with Crippen molar-refractivity contribution in [2.45, 2.75) is 13.3 Å². The van der Waals surface area contributed by atoms with Crippen molar-refractivity contribution in [3.05, 3.63) is 95.3 Å². The number of carbonyl (C=O) groups is 2. The first kappa shape index (κ1) is 21.7. The Bertz CT molecular complexity index is 1060. The normalized spacial score (nSPS) is 10.6. The molecule has 0 bridgehead atoms. The lowest BCUT2D eigenvalue weighted by Gasteiger charge is -2.06. The highest BCUT2D eigenvalue weighted by Crippen LogP contribution is 2.15. The van der Waals surface area contributed by atoms with Gasteiger partial charge in [-0.2, -0.15) is 5.10 Å². The fourth-order valence-corrected chi connectivity index (χ4v) is 2.59. The molecule has 1 N–H and O–H groups in total. The van der Waals surface area contributed by atoms with E-state index in [0.29, 0.717) is 11.3 Å². The van der Waals surface area contributed by atoms with Crippen LogP contribution in [0.4, 0.5) is 4.39 Å². The minimum atomic E-state index is -0.781. The van der Waals surface area contributed by atoms with Crippen LogP contribution in [-0.4, -0.2) is 24.7 Å². The molecule has 0 atom stereocenters. The first-order valence-electron chi connectivity index (χ1n) is 9.65. The molecule has 0 heterocycles. The highest BCUT2D eigenvalue weighted by molar-refractivity contribution is 5.91. The third-order valence-electron chi connectivity index (χ3n) is 4.29. The van der Waals surface area contributed by atoms with E-state index in [4.69, 9.17) is 9.47 Å². The quantitative estimate of drug-likeness (QED) is 0.257. The van der Waals surface area contributed by atoms with Crippen molar-refractivity contribution in [2.24, 2.45) is 5.10 Å². The molecule has 0 fully saturated rings. The van der Waals surface area contributed by atoms with Gasteiger partial charge in [0, 0.05) is 0 Å². The number of nitrogens with zero attached hydrogens (tertiary/aromatic N) is 1. The lowest BCUT2D eigenvalue weighted by atomic mass is 10.2. The molecule has 0 aliphatic rings. The summed E-state index contributed by atoms with van der Waals surface area (Å²) in [4.78, 5) is 23.8. The molecule has 0 saturated carbocycles. The van der Waals surface area contributed by atoms with E-state index in [-0.39, 0.29) is 17.9 Å². The van der Waals surface area contributed by atoms with E-state index in [1.54, 1.807) is 30.3 Å². The van der Waals surface area contributed by atoms with Crippen molar-refractivity contribution in [2.75, 3.05) is 6.61 Å². The summed E-state index contributed by atoms with van der Waals surface area (Å²) < 4.78 is 24.2. The van der Waals surface area contributed by atoms with Crippen LogP contribution in [0.2, 0.25) is 0 Å². The number of hydrazone groups is 1. The molecule has 3 aromatic carbocycles. The number of aryl methyl sites for hydroxylation is 1. The van der Waals surface area contributed by atoms with Crippen LogP contribution >= 0.6 is 0 Å². The van der Waals surface area contributed by atoms with Gasteiger partial charge < -0.3 is 9.47 Å². The lowest BCUT2D eigenvalue weighted by Crippen LogP contribution is -2.24. The summed E-state index contributed by atoms with van der Waals surface area (Å²) >= 11 is 0. The predicted molar refractivity (Wildman–Crippen MR) is 115 cm³/mol. The monoisotopic (exact) mass is 420 g/mol. The molecule has 6 nitrogen and oxygen atoms in total. The van der Waals surface area contributed by atoms with Crippen LogP contribution in [0.3, 0.4) is 0 Å². The molecule has 0 aliphatic carbocycles. The molecule has 158 valence electrons. The van der Waals surface area contributed by atoms with Crippen molar-refractivity contribution in [1.82, 2.24) is 5.43 Å². The number of ether oxygens (including phenoxy) is 2. The molecular formula is C24H21FN2O4. The Kier molecular flexibility index (Phi) is 7.48. The molecule has 1 amide bonds. The molecule has 0 saturated heterocycles. The van der Waals surface area contributed by atoms with E-state index in [2.05, 4.69) is 17.5 Å². The summed E-state index contributed by atoms with van der Waals surface area (Å²) in [6.07, 6.45) is 2.38. The number of nitrogens with one attached hydrogen (secondary N) is 1. The van der Waals surface area contributed by atoms with Crippen LogP contribution in [0.1, 0.15) is 28.4 Å². The van der Waals surface area contributed by atoms with Crippen LogP contribution < -0.4 is 14.9 Å². The maximum absolute atomic E-state index is 13.6. The second kappa shape index (κ2) is 10.7. The summed E-state index contributed by atoms with van der Waals surface area (Å²) in [6.45, 7) is 1.90. The fraction of sp³-hybridized carbons (Fsp3) is 0.125. The average molecular weight is 420 g/mol. The minimum Gasteiger partial charge on any atom is -0.484 e. The number of carbonyl (C=O) groups excluding carboxylic acids is 2. The highest BCUT2D eigenvalue weighted by atomic mass is 19.1. The molecule has 0 unspecified atom stereocenters. The number of rotatable bonds is 8. The highest BCUT2D eigenvalue weighted by Gasteiger charge is 2.13. The largest absolute Gasteiger partial charge is 0.484 e. The van der Waals surface area contributed by atoms with E-state index in [1.165, 1.54) is 30.0 Å². The zero-order valence-corrected chi connectivity index (χ0v) is 16.9. The number of hydrogen-bond acceptors (Lipinski definition) is 5. The Hall–Kier alpha value is -4.00. The fourth-order valence-electron chi connectivity index (χ4n) is 2.59. The molecule has 0 aliphatic heterocycles. The minimum absolute atomic E-state index is 0.139. The van der Waals surface area contributed by atoms with Gasteiger partial charge in [-0.05, 0) is 66.1 Å². The Balaban J connectivity index is 1.46. The van der Waals surface area contributed by atoms with Crippen molar-refractivity contribution in [3.63, 3.8) is 0 Å². The van der Waals surface area contributed by atoms with Gasteiger partial charge in [0.1, 0.15) is 17.3 Å². The van der Waals surface area contributed by atoms with Crippen LogP contribution in [0, 0.1) is 5.82 Å². The summed E-state index contributed by atoms with van der Waals surface area (Å²) in [5, 5.41) is 3.87. The van der Waals surface area contributed by atoms with Crippen LogP contribution in [0.25, 0.3) is 0 Å². The third kappa shape index (κ3) is 6.50. The molecule has 0 aromatic heterocycles. The maximum Gasteiger partial charge on any atom is 0.346 e. The zero-order valence-electron chi connectivity index (χ0n) is 16.9. The Labute approximate surface area is 179 Å². The standard InChI is InChI=1S/C24H21FN2O4/c1-2-17-7-11-19(12-8-17)30-16-23(28)27-26-15-18-9-13-20(14-10-18)31-24(29)21-5-3-4-6-22(21)25/h3-15H,2,16H2,1H3,(H,27,28). The number of hydrogen-bond donors (Lipinski definition) is 1. The van der Waals surface area contributed by atoms with Gasteiger partial charge in [0.25, 0.3) is 5.91 Å². The number of amides is 1. The van der Waals surface area contributed by atoms with Crippen LogP contribution in [0.5, 0.6) is 11.5 Å². The summed E-state index contributed by atoms with van der Waals surface area (Å²) in [5.41, 5.74) is 4.10. The number of benzene rings is 3. The van der Waals surface area contributed by atoms with E-state index in [9.17, 15) is 14.0 Å². The topological polar surface area (TPSA) is 77.0 Å². The van der Waals surface area contributed by atoms with Crippen molar-refractivity contribution < 1.29 is 23.5 Å². The first-order valence-corrected chi connectivity index (χ1v) is 9.65. The van der Waals surface area contributed by atoms with Gasteiger partial charge in [-0.25, -0.2) is 14.6 Å². The molecule has 0 radical (unpaired) electrons. The second-order valence-corrected chi connectivity index (χ2v) is 6.52. The average Bonchev–Trinajstić information content (AvgIpc) is 2.79. The summed E-state index contributed by atoms with van der Waals surface area (Å²) in [7, 11) is 0. The van der Waals surface area contributed by atoms with Gasteiger partial charge >= 0.3 is 5.97 Å². The van der Waals surface area contributed by atoms with E-state index in [1.807, 2.05) is 24.3 Å². The van der Waals surface area contributed by atoms with Gasteiger partial charge in [-0.1, -0.05) is 31.2 Å². The van der Waals surface area contributed by atoms with Crippen LogP contribution in [0.15, 0.2) is 77.9 Å². The van der Waals surface area contributed by atoms with Gasteiger partial charge in [0.05, 0.1) is 11.8 Å². The third-order valence-corrected chi connectivity index (χ3v) is 4.29. The lowest BCUT2D eigenvalue weighted by molar-refractivity contribution is -0.123. The predicted octanol–water partition coefficient (Wildman–Crippen LogP) is 4.14. The van der Waals surface area contributed by atoms with Crippen molar-refractivity contribution >= 4 is 18.1 Å². The zero-order chi connectivity index (χ0) is 22.1. The van der Waals surface area contributed by atoms with E-state index in [0.717, 1.165) is 6.42 Å². The molecule has 0 spiro atoms. The maximum atomic E-state index is 13.6. The Morgan fingerprint density at radius 3 is 2.32 bits per heavy atom. The van der Waals surface area contributed by atoms with Gasteiger partial charge in [-0.15, -0.1) is 0 Å². The molecule has 7 heteroatoms. The van der Waals surface area contributed by atoms with E-state index < -0.39 is 17.7 Å². The van der Waals surface area contributed by atoms with Gasteiger partial charge in [0.2, 0.25) is 0 Å². The first-order chi connectivity index (χ1) is 15.0. The molecule has 3 rings (SSSR count). The van der Waals surface area contributed by atoms with E-state index >= 15 is 0 Å². The molecule has 31 heavy (non-hydrogen) atoms. The summed E-state index contributed by atoms with van der Waals surface area (Å²) in [6, 6.07) is 19.5. The number of halogens is 1. The smallest absolute Gasteiger partial charge is 0.346 e. The molecule has 3 aromatic rings. The van der Waals surface area contributed by atoms with Gasteiger partial charge in [0.15, 0.2) is 6.61 Å². The molecular weight excluding hydrogens is 399 g/mol. The van der Waals surface area contributed by atoms with Crippen LogP contribution in [-0.2, 0) is 11.2 Å². The number of esters is 1. The van der Waals surface area contributed by atoms with Gasteiger partial charge in [-0.3, -0.25) is 4.79 Å².